The van der Waals surface area contributed by atoms with Crippen molar-refractivity contribution in [3.05, 3.63) is 69.3 Å². The lowest BCUT2D eigenvalue weighted by Gasteiger charge is -2.16. The van der Waals surface area contributed by atoms with Crippen molar-refractivity contribution < 1.29 is 0 Å². The summed E-state index contributed by atoms with van der Waals surface area (Å²) in [7, 11) is 2.16. The molecule has 0 spiro atoms. The zero-order valence-electron chi connectivity index (χ0n) is 9.94. The number of hydrogen-bond donors (Lipinski definition) is 0. The first-order chi connectivity index (χ1) is 8.24. The molecule has 0 unspecified atom stereocenters. The summed E-state index contributed by atoms with van der Waals surface area (Å²) in [5.74, 6) is 0. The third kappa shape index (κ3) is 4.13. The summed E-state index contributed by atoms with van der Waals surface area (Å²) in [6.45, 7) is 1.98. The molecule has 2 heteroatoms. The first-order valence-corrected chi connectivity index (χ1v) is 6.79. The van der Waals surface area contributed by atoms with E-state index in [4.69, 9.17) is 0 Å². The highest BCUT2D eigenvalue weighted by Gasteiger charge is 2.01. The molecular formula is C15H16IN. The van der Waals surface area contributed by atoms with Crippen LogP contribution >= 0.6 is 22.6 Å². The van der Waals surface area contributed by atoms with Crippen LogP contribution in [-0.2, 0) is 13.1 Å². The van der Waals surface area contributed by atoms with Crippen molar-refractivity contribution in [1.29, 1.82) is 0 Å². The van der Waals surface area contributed by atoms with Crippen LogP contribution in [0.3, 0.4) is 0 Å². The molecule has 0 atom stereocenters. The van der Waals surface area contributed by atoms with E-state index in [-0.39, 0.29) is 0 Å². The SMILES string of the molecule is CN(Cc1ccccc1)Cc1ccc(I)cc1. The Morgan fingerprint density at radius 3 is 1.94 bits per heavy atom. The average Bonchev–Trinajstić information content (AvgIpc) is 2.33. The molecule has 2 aromatic rings. The topological polar surface area (TPSA) is 3.24 Å². The first-order valence-electron chi connectivity index (χ1n) is 5.71. The van der Waals surface area contributed by atoms with Crippen LogP contribution in [0, 0.1) is 3.57 Å². The van der Waals surface area contributed by atoms with E-state index in [2.05, 4.69) is 89.1 Å². The molecule has 2 aromatic carbocycles. The Balaban J connectivity index is 1.93. The Bertz CT molecular complexity index is 450. The van der Waals surface area contributed by atoms with Gasteiger partial charge in [-0.15, -0.1) is 0 Å². The highest BCUT2D eigenvalue weighted by molar-refractivity contribution is 14.1. The van der Waals surface area contributed by atoms with Gasteiger partial charge < -0.3 is 0 Å². The molecule has 88 valence electrons. The van der Waals surface area contributed by atoms with Crippen LogP contribution in [0.15, 0.2) is 54.6 Å². The highest BCUT2D eigenvalue weighted by Crippen LogP contribution is 2.10. The van der Waals surface area contributed by atoms with Crippen LogP contribution in [0.25, 0.3) is 0 Å². The van der Waals surface area contributed by atoms with Crippen LogP contribution in [0.1, 0.15) is 11.1 Å². The third-order valence-electron chi connectivity index (χ3n) is 2.66. The molecule has 0 aliphatic heterocycles. The minimum absolute atomic E-state index is 0.992. The highest BCUT2D eigenvalue weighted by atomic mass is 127. The lowest BCUT2D eigenvalue weighted by atomic mass is 10.2. The molecule has 0 amide bonds. The van der Waals surface area contributed by atoms with Crippen molar-refractivity contribution in [2.24, 2.45) is 0 Å². The molecule has 0 saturated carbocycles. The van der Waals surface area contributed by atoms with Crippen molar-refractivity contribution in [3.8, 4) is 0 Å². The molecule has 0 heterocycles. The van der Waals surface area contributed by atoms with E-state index in [0.717, 1.165) is 13.1 Å². The van der Waals surface area contributed by atoms with Gasteiger partial charge in [-0.1, -0.05) is 42.5 Å². The minimum Gasteiger partial charge on any atom is -0.298 e. The van der Waals surface area contributed by atoms with Gasteiger partial charge in [-0.05, 0) is 52.9 Å². The Kier molecular flexibility index (Phi) is 4.57. The Labute approximate surface area is 117 Å². The number of rotatable bonds is 4. The van der Waals surface area contributed by atoms with Crippen LogP contribution < -0.4 is 0 Å². The molecule has 1 nitrogen and oxygen atoms in total. The molecule has 0 radical (unpaired) electrons. The van der Waals surface area contributed by atoms with Crippen LogP contribution in [0.2, 0.25) is 0 Å². The maximum atomic E-state index is 2.34. The predicted octanol–water partition coefficient (Wildman–Crippen LogP) is 3.92. The second-order valence-electron chi connectivity index (χ2n) is 4.28. The van der Waals surface area contributed by atoms with E-state index >= 15 is 0 Å². The summed E-state index contributed by atoms with van der Waals surface area (Å²) in [5, 5.41) is 0. The van der Waals surface area contributed by atoms with E-state index < -0.39 is 0 Å². The number of hydrogen-bond acceptors (Lipinski definition) is 1. The standard InChI is InChI=1S/C15H16IN/c1-17(11-13-5-3-2-4-6-13)12-14-7-9-15(16)10-8-14/h2-10H,11-12H2,1H3. The van der Waals surface area contributed by atoms with Gasteiger partial charge in [-0.3, -0.25) is 4.90 Å². The summed E-state index contributed by atoms with van der Waals surface area (Å²) in [6.07, 6.45) is 0. The van der Waals surface area contributed by atoms with Gasteiger partial charge in [0.1, 0.15) is 0 Å². The molecule has 0 N–H and O–H groups in total. The number of halogens is 1. The molecule has 0 aliphatic rings. The molecule has 17 heavy (non-hydrogen) atoms. The molecule has 0 aliphatic carbocycles. The van der Waals surface area contributed by atoms with Gasteiger partial charge in [0.25, 0.3) is 0 Å². The fourth-order valence-corrected chi connectivity index (χ4v) is 2.21. The second kappa shape index (κ2) is 6.17. The summed E-state index contributed by atoms with van der Waals surface area (Å²) in [5.41, 5.74) is 2.73. The van der Waals surface area contributed by atoms with Crippen molar-refractivity contribution >= 4 is 22.6 Å². The van der Waals surface area contributed by atoms with E-state index in [0.29, 0.717) is 0 Å². The molecule has 0 bridgehead atoms. The Hall–Kier alpha value is -0.870. The quantitative estimate of drug-likeness (QED) is 0.765. The van der Waals surface area contributed by atoms with Crippen molar-refractivity contribution in [3.63, 3.8) is 0 Å². The van der Waals surface area contributed by atoms with Gasteiger partial charge in [-0.2, -0.15) is 0 Å². The van der Waals surface area contributed by atoms with E-state index in [1.165, 1.54) is 14.7 Å². The van der Waals surface area contributed by atoms with Gasteiger partial charge in [0.2, 0.25) is 0 Å². The monoisotopic (exact) mass is 337 g/mol. The molecule has 0 aromatic heterocycles. The van der Waals surface area contributed by atoms with Crippen molar-refractivity contribution in [2.75, 3.05) is 7.05 Å². The molecular weight excluding hydrogens is 321 g/mol. The summed E-state index contributed by atoms with van der Waals surface area (Å²) in [6, 6.07) is 19.3. The van der Waals surface area contributed by atoms with Gasteiger partial charge >= 0.3 is 0 Å². The van der Waals surface area contributed by atoms with E-state index in [9.17, 15) is 0 Å². The summed E-state index contributed by atoms with van der Waals surface area (Å²) < 4.78 is 1.29. The maximum absolute atomic E-state index is 2.34. The van der Waals surface area contributed by atoms with Gasteiger partial charge in [-0.25, -0.2) is 0 Å². The summed E-state index contributed by atoms with van der Waals surface area (Å²) in [4.78, 5) is 2.33. The van der Waals surface area contributed by atoms with E-state index in [1.54, 1.807) is 0 Å². The Morgan fingerprint density at radius 1 is 0.824 bits per heavy atom. The normalized spacial score (nSPS) is 10.8. The first kappa shape index (κ1) is 12.6. The molecule has 0 fully saturated rings. The fraction of sp³-hybridized carbons (Fsp3) is 0.200. The number of benzene rings is 2. The van der Waals surface area contributed by atoms with Crippen molar-refractivity contribution in [1.82, 2.24) is 4.90 Å². The lowest BCUT2D eigenvalue weighted by molar-refractivity contribution is 0.319. The largest absolute Gasteiger partial charge is 0.298 e. The summed E-state index contributed by atoms with van der Waals surface area (Å²) >= 11 is 2.34. The predicted molar refractivity (Wildman–Crippen MR) is 80.8 cm³/mol. The minimum atomic E-state index is 0.992. The third-order valence-corrected chi connectivity index (χ3v) is 3.38. The van der Waals surface area contributed by atoms with Crippen LogP contribution in [0.4, 0.5) is 0 Å². The van der Waals surface area contributed by atoms with E-state index in [1.807, 2.05) is 0 Å². The van der Waals surface area contributed by atoms with Crippen molar-refractivity contribution in [2.45, 2.75) is 13.1 Å². The maximum Gasteiger partial charge on any atom is 0.0234 e. The average molecular weight is 337 g/mol. The van der Waals surface area contributed by atoms with Gasteiger partial charge in [0.05, 0.1) is 0 Å². The zero-order chi connectivity index (χ0) is 12.1. The lowest BCUT2D eigenvalue weighted by Crippen LogP contribution is -2.17. The molecule has 2 rings (SSSR count). The smallest absolute Gasteiger partial charge is 0.0234 e. The van der Waals surface area contributed by atoms with Gasteiger partial charge in [0, 0.05) is 16.7 Å². The van der Waals surface area contributed by atoms with Crippen LogP contribution in [-0.4, -0.2) is 11.9 Å². The fourth-order valence-electron chi connectivity index (χ4n) is 1.85. The Morgan fingerprint density at radius 2 is 1.35 bits per heavy atom. The zero-order valence-corrected chi connectivity index (χ0v) is 12.1. The molecule has 0 saturated heterocycles. The van der Waals surface area contributed by atoms with Gasteiger partial charge in [0.15, 0.2) is 0 Å². The second-order valence-corrected chi connectivity index (χ2v) is 5.53. The van der Waals surface area contributed by atoms with Crippen LogP contribution in [0.5, 0.6) is 0 Å². The number of nitrogens with zero attached hydrogens (tertiary/aromatic N) is 1.